The second-order valence-electron chi connectivity index (χ2n) is 5.38. The van der Waals surface area contributed by atoms with Crippen molar-refractivity contribution in [1.82, 2.24) is 0 Å². The first-order chi connectivity index (χ1) is 9.00. The smallest absolute Gasteiger partial charge is 0.0720 e. The molecule has 1 aromatic rings. The number of nitrogens with one attached hydrogen (secondary N) is 1. The number of nitrogen functional groups attached to an aromatic ring is 1. The number of rotatable bonds is 8. The Morgan fingerprint density at radius 3 is 2.21 bits per heavy atom. The van der Waals surface area contributed by atoms with Crippen LogP contribution in [0.2, 0.25) is 10.0 Å². The van der Waals surface area contributed by atoms with Crippen LogP contribution in [-0.2, 0) is 0 Å². The van der Waals surface area contributed by atoms with Crippen LogP contribution in [-0.4, -0.2) is 6.54 Å². The van der Waals surface area contributed by atoms with Crippen LogP contribution in [0, 0.1) is 5.92 Å². The minimum Gasteiger partial charge on any atom is -0.399 e. The Bertz CT molecular complexity index is 369. The third-order valence-electron chi connectivity index (χ3n) is 3.07. The van der Waals surface area contributed by atoms with E-state index in [4.69, 9.17) is 28.9 Å². The largest absolute Gasteiger partial charge is 0.399 e. The maximum Gasteiger partial charge on any atom is 0.0720 e. The third kappa shape index (κ3) is 6.40. The van der Waals surface area contributed by atoms with Gasteiger partial charge < -0.3 is 11.1 Å². The van der Waals surface area contributed by atoms with Gasteiger partial charge in [-0.3, -0.25) is 0 Å². The van der Waals surface area contributed by atoms with Crippen LogP contribution < -0.4 is 11.1 Å². The van der Waals surface area contributed by atoms with Gasteiger partial charge in [0.2, 0.25) is 0 Å². The summed E-state index contributed by atoms with van der Waals surface area (Å²) in [6.45, 7) is 5.43. The highest BCUT2D eigenvalue weighted by molar-refractivity contribution is 6.39. The summed E-state index contributed by atoms with van der Waals surface area (Å²) in [5.41, 5.74) is 7.05. The first-order valence-corrected chi connectivity index (χ1v) is 7.74. The molecule has 0 aliphatic rings. The van der Waals surface area contributed by atoms with Gasteiger partial charge in [-0.05, 0) is 24.5 Å². The van der Waals surface area contributed by atoms with E-state index in [0.717, 1.165) is 24.6 Å². The summed E-state index contributed by atoms with van der Waals surface area (Å²) in [5.74, 6) is 0.811. The Labute approximate surface area is 126 Å². The van der Waals surface area contributed by atoms with Crippen molar-refractivity contribution in [2.75, 3.05) is 17.6 Å². The van der Waals surface area contributed by atoms with Gasteiger partial charge in [0.05, 0.1) is 15.7 Å². The molecule has 1 aromatic carbocycles. The van der Waals surface area contributed by atoms with E-state index in [1.165, 1.54) is 25.7 Å². The SMILES string of the molecule is CC(C)CCCCCCNc1c(Cl)cc(N)cc1Cl. The highest BCUT2D eigenvalue weighted by Crippen LogP contribution is 2.32. The van der Waals surface area contributed by atoms with Gasteiger partial charge in [-0.1, -0.05) is 62.7 Å². The predicted octanol–water partition coefficient (Wildman–Crippen LogP) is 5.59. The second-order valence-corrected chi connectivity index (χ2v) is 6.20. The highest BCUT2D eigenvalue weighted by Gasteiger charge is 2.06. The zero-order valence-corrected chi connectivity index (χ0v) is 13.3. The van der Waals surface area contributed by atoms with Gasteiger partial charge in [-0.15, -0.1) is 0 Å². The van der Waals surface area contributed by atoms with Crippen LogP contribution >= 0.6 is 23.2 Å². The van der Waals surface area contributed by atoms with Crippen LogP contribution in [0.4, 0.5) is 11.4 Å². The number of unbranched alkanes of at least 4 members (excludes halogenated alkanes) is 3. The van der Waals surface area contributed by atoms with E-state index >= 15 is 0 Å². The monoisotopic (exact) mass is 302 g/mol. The van der Waals surface area contributed by atoms with Crippen LogP contribution in [0.25, 0.3) is 0 Å². The van der Waals surface area contributed by atoms with Crippen molar-refractivity contribution < 1.29 is 0 Å². The zero-order valence-electron chi connectivity index (χ0n) is 11.8. The minimum atomic E-state index is 0.588. The summed E-state index contributed by atoms with van der Waals surface area (Å²) in [7, 11) is 0. The Morgan fingerprint density at radius 2 is 1.63 bits per heavy atom. The summed E-state index contributed by atoms with van der Waals surface area (Å²) < 4.78 is 0. The Kier molecular flexibility index (Phi) is 7.40. The molecule has 0 unspecified atom stereocenters. The minimum absolute atomic E-state index is 0.588. The molecule has 0 radical (unpaired) electrons. The van der Waals surface area contributed by atoms with Crippen LogP contribution in [0.15, 0.2) is 12.1 Å². The van der Waals surface area contributed by atoms with E-state index in [1.807, 2.05) is 0 Å². The summed E-state index contributed by atoms with van der Waals surface area (Å²) >= 11 is 12.2. The molecule has 0 spiro atoms. The number of benzene rings is 1. The van der Waals surface area contributed by atoms with Gasteiger partial charge in [-0.2, -0.15) is 0 Å². The number of halogens is 2. The van der Waals surface area contributed by atoms with E-state index in [-0.39, 0.29) is 0 Å². The van der Waals surface area contributed by atoms with E-state index in [9.17, 15) is 0 Å². The molecule has 0 aliphatic heterocycles. The molecule has 0 amide bonds. The number of hydrogen-bond acceptors (Lipinski definition) is 2. The molecule has 0 saturated heterocycles. The fourth-order valence-electron chi connectivity index (χ4n) is 2.01. The average molecular weight is 303 g/mol. The van der Waals surface area contributed by atoms with Gasteiger partial charge >= 0.3 is 0 Å². The summed E-state index contributed by atoms with van der Waals surface area (Å²) in [6, 6.07) is 3.44. The fourth-order valence-corrected chi connectivity index (χ4v) is 2.64. The molecule has 3 N–H and O–H groups in total. The fraction of sp³-hybridized carbons (Fsp3) is 0.600. The molecule has 0 bridgehead atoms. The second kappa shape index (κ2) is 8.55. The van der Waals surface area contributed by atoms with Crippen LogP contribution in [0.3, 0.4) is 0 Å². The quantitative estimate of drug-likeness (QED) is 0.485. The van der Waals surface area contributed by atoms with Gasteiger partial charge in [0.25, 0.3) is 0 Å². The van der Waals surface area contributed by atoms with E-state index in [0.29, 0.717) is 15.7 Å². The van der Waals surface area contributed by atoms with Crippen LogP contribution in [0.1, 0.15) is 46.0 Å². The van der Waals surface area contributed by atoms with Crippen molar-refractivity contribution in [2.24, 2.45) is 5.92 Å². The standard InChI is InChI=1S/C15H24Cl2N2/c1-11(2)7-5-3-4-6-8-19-15-13(16)9-12(18)10-14(15)17/h9-11,19H,3-8,18H2,1-2H3. The molecule has 1 rings (SSSR count). The van der Waals surface area contributed by atoms with Crippen molar-refractivity contribution in [2.45, 2.75) is 46.0 Å². The average Bonchev–Trinajstić information content (AvgIpc) is 2.30. The van der Waals surface area contributed by atoms with Crippen molar-refractivity contribution in [3.63, 3.8) is 0 Å². The third-order valence-corrected chi connectivity index (χ3v) is 3.67. The maximum absolute atomic E-state index is 6.11. The summed E-state index contributed by atoms with van der Waals surface area (Å²) in [6.07, 6.45) is 6.31. The Hall–Kier alpha value is -0.600. The van der Waals surface area contributed by atoms with E-state index < -0.39 is 0 Å². The normalized spacial score (nSPS) is 11.0. The summed E-state index contributed by atoms with van der Waals surface area (Å²) in [5, 5.41) is 4.46. The maximum atomic E-state index is 6.11. The molecule has 0 saturated carbocycles. The van der Waals surface area contributed by atoms with Gasteiger partial charge in [0.1, 0.15) is 0 Å². The topological polar surface area (TPSA) is 38.0 Å². The lowest BCUT2D eigenvalue weighted by molar-refractivity contribution is 0.523. The van der Waals surface area contributed by atoms with E-state index in [1.54, 1.807) is 12.1 Å². The molecule has 0 fully saturated rings. The number of nitrogens with two attached hydrogens (primary N) is 1. The lowest BCUT2D eigenvalue weighted by atomic mass is 10.0. The first kappa shape index (κ1) is 16.5. The highest BCUT2D eigenvalue weighted by atomic mass is 35.5. The molecular formula is C15H24Cl2N2. The van der Waals surface area contributed by atoms with Crippen molar-refractivity contribution >= 4 is 34.6 Å². The zero-order chi connectivity index (χ0) is 14.3. The van der Waals surface area contributed by atoms with Gasteiger partial charge in [0.15, 0.2) is 0 Å². The number of hydrogen-bond donors (Lipinski definition) is 2. The molecule has 0 heterocycles. The molecular weight excluding hydrogens is 279 g/mol. The van der Waals surface area contributed by atoms with Crippen molar-refractivity contribution in [1.29, 1.82) is 0 Å². The van der Waals surface area contributed by atoms with Crippen molar-refractivity contribution in [3.05, 3.63) is 22.2 Å². The molecule has 0 aromatic heterocycles. The lowest BCUT2D eigenvalue weighted by Gasteiger charge is -2.11. The predicted molar refractivity (Wildman–Crippen MR) is 87.3 cm³/mol. The Morgan fingerprint density at radius 1 is 1.05 bits per heavy atom. The first-order valence-electron chi connectivity index (χ1n) is 6.99. The lowest BCUT2D eigenvalue weighted by Crippen LogP contribution is -2.03. The molecule has 19 heavy (non-hydrogen) atoms. The van der Waals surface area contributed by atoms with Gasteiger partial charge in [0, 0.05) is 12.2 Å². The van der Waals surface area contributed by atoms with E-state index in [2.05, 4.69) is 19.2 Å². The summed E-state index contributed by atoms with van der Waals surface area (Å²) in [4.78, 5) is 0. The Balaban J connectivity index is 2.23. The molecule has 4 heteroatoms. The molecule has 108 valence electrons. The van der Waals surface area contributed by atoms with Crippen LogP contribution in [0.5, 0.6) is 0 Å². The van der Waals surface area contributed by atoms with Crippen molar-refractivity contribution in [3.8, 4) is 0 Å². The molecule has 0 atom stereocenters. The molecule has 0 aliphatic carbocycles. The number of anilines is 2. The molecule has 2 nitrogen and oxygen atoms in total. The van der Waals surface area contributed by atoms with Gasteiger partial charge in [-0.25, -0.2) is 0 Å².